The molecule has 8 heteroatoms. The monoisotopic (exact) mass is 324 g/mol. The van der Waals surface area contributed by atoms with Crippen LogP contribution in [-0.4, -0.2) is 24.5 Å². The van der Waals surface area contributed by atoms with Crippen LogP contribution >= 0.6 is 11.3 Å². The third-order valence-electron chi connectivity index (χ3n) is 2.74. The molecule has 0 spiro atoms. The SMILES string of the molecule is CCn1cnc(S(=O)(=O)NCc2sccc2C#CCN)c1. The van der Waals surface area contributed by atoms with Gasteiger partial charge in [-0.3, -0.25) is 0 Å². The van der Waals surface area contributed by atoms with E-state index in [0.29, 0.717) is 6.54 Å². The second-order valence-electron chi connectivity index (χ2n) is 4.13. The number of imidazole rings is 1. The molecule has 112 valence electrons. The molecule has 2 aromatic rings. The highest BCUT2D eigenvalue weighted by atomic mass is 32.2. The van der Waals surface area contributed by atoms with E-state index >= 15 is 0 Å². The van der Waals surface area contributed by atoms with Crippen LogP contribution in [0.3, 0.4) is 0 Å². The highest BCUT2D eigenvalue weighted by molar-refractivity contribution is 7.89. The first kappa shape index (κ1) is 15.7. The van der Waals surface area contributed by atoms with Gasteiger partial charge in [-0.15, -0.1) is 11.3 Å². The molecule has 0 amide bonds. The predicted octanol–water partition coefficient (Wildman–Crippen LogP) is 0.753. The first-order valence-corrected chi connectivity index (χ1v) is 8.70. The molecule has 0 aromatic carbocycles. The Labute approximate surface area is 128 Å². The number of nitrogens with two attached hydrogens (primary N) is 1. The lowest BCUT2D eigenvalue weighted by Gasteiger charge is -2.03. The maximum atomic E-state index is 12.1. The van der Waals surface area contributed by atoms with Crippen LogP contribution in [0.2, 0.25) is 0 Å². The second-order valence-corrected chi connectivity index (χ2v) is 6.84. The summed E-state index contributed by atoms with van der Waals surface area (Å²) in [5.74, 6) is 5.69. The van der Waals surface area contributed by atoms with Gasteiger partial charge in [0.15, 0.2) is 5.03 Å². The maximum Gasteiger partial charge on any atom is 0.259 e. The molecule has 0 unspecified atom stereocenters. The minimum absolute atomic E-state index is 0.0236. The third kappa shape index (κ3) is 3.92. The van der Waals surface area contributed by atoms with E-state index in [1.165, 1.54) is 23.9 Å². The lowest BCUT2D eigenvalue weighted by Crippen LogP contribution is -2.23. The smallest absolute Gasteiger partial charge is 0.259 e. The van der Waals surface area contributed by atoms with Crippen LogP contribution in [0.1, 0.15) is 17.4 Å². The maximum absolute atomic E-state index is 12.1. The van der Waals surface area contributed by atoms with E-state index in [1.807, 2.05) is 18.4 Å². The van der Waals surface area contributed by atoms with E-state index in [-0.39, 0.29) is 18.1 Å². The average molecular weight is 324 g/mol. The number of rotatable bonds is 5. The van der Waals surface area contributed by atoms with E-state index in [1.54, 1.807) is 4.57 Å². The quantitative estimate of drug-likeness (QED) is 0.794. The Hall–Kier alpha value is -1.66. The van der Waals surface area contributed by atoms with Gasteiger partial charge in [0.1, 0.15) is 0 Å². The Morgan fingerprint density at radius 3 is 3.00 bits per heavy atom. The predicted molar refractivity (Wildman–Crippen MR) is 82.2 cm³/mol. The fourth-order valence-corrected chi connectivity index (χ4v) is 3.42. The van der Waals surface area contributed by atoms with Crippen LogP contribution in [0.5, 0.6) is 0 Å². The number of nitrogens with zero attached hydrogens (tertiary/aromatic N) is 2. The second kappa shape index (κ2) is 6.87. The van der Waals surface area contributed by atoms with Crippen molar-refractivity contribution in [2.75, 3.05) is 6.54 Å². The number of hydrogen-bond donors (Lipinski definition) is 2. The Bertz CT molecular complexity index is 765. The van der Waals surface area contributed by atoms with Gasteiger partial charge < -0.3 is 10.3 Å². The van der Waals surface area contributed by atoms with Crippen LogP contribution in [0.4, 0.5) is 0 Å². The largest absolute Gasteiger partial charge is 0.336 e. The van der Waals surface area contributed by atoms with Crippen molar-refractivity contribution < 1.29 is 8.42 Å². The van der Waals surface area contributed by atoms with Crippen molar-refractivity contribution in [2.45, 2.75) is 25.0 Å². The van der Waals surface area contributed by atoms with Crippen LogP contribution < -0.4 is 10.5 Å². The molecule has 2 heterocycles. The minimum atomic E-state index is -3.61. The van der Waals surface area contributed by atoms with Crippen molar-refractivity contribution in [3.05, 3.63) is 34.4 Å². The van der Waals surface area contributed by atoms with Crippen molar-refractivity contribution in [2.24, 2.45) is 5.73 Å². The van der Waals surface area contributed by atoms with Gasteiger partial charge in [-0.1, -0.05) is 11.8 Å². The summed E-state index contributed by atoms with van der Waals surface area (Å²) in [6.07, 6.45) is 3.00. The normalized spacial score (nSPS) is 11.1. The van der Waals surface area contributed by atoms with Gasteiger partial charge in [-0.2, -0.15) is 0 Å². The molecule has 0 radical (unpaired) electrons. The first-order chi connectivity index (χ1) is 10.1. The molecule has 0 saturated carbocycles. The molecular formula is C13H16N4O2S2. The standard InChI is InChI=1S/C13H16N4O2S2/c1-2-17-9-13(15-10-17)21(18,19)16-8-12-11(4-3-6-14)5-7-20-12/h5,7,9-10,16H,2,6,8,14H2,1H3. The van der Waals surface area contributed by atoms with Gasteiger partial charge in [0.25, 0.3) is 10.0 Å². The Kier molecular flexibility index (Phi) is 5.14. The molecule has 0 fully saturated rings. The summed E-state index contributed by atoms with van der Waals surface area (Å²) in [7, 11) is -3.61. The van der Waals surface area contributed by atoms with Crippen LogP contribution in [-0.2, 0) is 23.1 Å². The van der Waals surface area contributed by atoms with E-state index in [4.69, 9.17) is 5.73 Å². The lowest BCUT2D eigenvalue weighted by atomic mass is 10.2. The van der Waals surface area contributed by atoms with Crippen molar-refractivity contribution in [1.29, 1.82) is 0 Å². The topological polar surface area (TPSA) is 90.0 Å². The summed E-state index contributed by atoms with van der Waals surface area (Å²) >= 11 is 1.45. The molecule has 0 atom stereocenters. The highest BCUT2D eigenvalue weighted by Gasteiger charge is 2.17. The summed E-state index contributed by atoms with van der Waals surface area (Å²) in [6.45, 7) is 3.05. The fourth-order valence-electron chi connectivity index (χ4n) is 1.62. The van der Waals surface area contributed by atoms with Gasteiger partial charge >= 0.3 is 0 Å². The van der Waals surface area contributed by atoms with Gasteiger partial charge in [0, 0.05) is 29.7 Å². The number of aryl methyl sites for hydroxylation is 1. The zero-order chi connectivity index (χ0) is 15.3. The van der Waals surface area contributed by atoms with Crippen LogP contribution in [0.25, 0.3) is 0 Å². The highest BCUT2D eigenvalue weighted by Crippen LogP contribution is 2.16. The molecule has 2 aromatic heterocycles. The fraction of sp³-hybridized carbons (Fsp3) is 0.308. The number of hydrogen-bond acceptors (Lipinski definition) is 5. The number of sulfonamides is 1. The average Bonchev–Trinajstić information content (AvgIpc) is 3.12. The van der Waals surface area contributed by atoms with Crippen LogP contribution in [0.15, 0.2) is 29.0 Å². The summed E-state index contributed by atoms with van der Waals surface area (Å²) in [4.78, 5) is 4.76. The van der Waals surface area contributed by atoms with Crippen molar-refractivity contribution in [3.8, 4) is 11.8 Å². The zero-order valence-corrected chi connectivity index (χ0v) is 13.2. The van der Waals surface area contributed by atoms with Crippen molar-refractivity contribution >= 4 is 21.4 Å². The molecule has 2 rings (SSSR count). The van der Waals surface area contributed by atoms with E-state index < -0.39 is 10.0 Å². The van der Waals surface area contributed by atoms with E-state index in [2.05, 4.69) is 21.5 Å². The van der Waals surface area contributed by atoms with E-state index in [0.717, 1.165) is 10.4 Å². The molecule has 21 heavy (non-hydrogen) atoms. The van der Waals surface area contributed by atoms with Gasteiger partial charge in [0.05, 0.1) is 12.9 Å². The van der Waals surface area contributed by atoms with Gasteiger partial charge in [-0.05, 0) is 18.4 Å². The van der Waals surface area contributed by atoms with Gasteiger partial charge in [-0.25, -0.2) is 18.1 Å². The minimum Gasteiger partial charge on any atom is -0.336 e. The summed E-state index contributed by atoms with van der Waals surface area (Å²) in [5.41, 5.74) is 6.14. The Balaban J connectivity index is 2.10. The van der Waals surface area contributed by atoms with Crippen molar-refractivity contribution in [1.82, 2.24) is 14.3 Å². The summed E-state index contributed by atoms with van der Waals surface area (Å²) in [5, 5.41) is 1.89. The lowest BCUT2D eigenvalue weighted by molar-refractivity contribution is 0.578. The van der Waals surface area contributed by atoms with Crippen LogP contribution in [0, 0.1) is 11.8 Å². The molecule has 0 aliphatic heterocycles. The molecule has 6 nitrogen and oxygen atoms in total. The third-order valence-corrected chi connectivity index (χ3v) is 4.95. The Morgan fingerprint density at radius 1 is 1.52 bits per heavy atom. The van der Waals surface area contributed by atoms with E-state index in [9.17, 15) is 8.42 Å². The zero-order valence-electron chi connectivity index (χ0n) is 11.5. The molecule has 0 bridgehead atoms. The Morgan fingerprint density at radius 2 is 2.33 bits per heavy atom. The number of nitrogens with one attached hydrogen (secondary N) is 1. The molecular weight excluding hydrogens is 308 g/mol. The number of thiophene rings is 1. The molecule has 0 aliphatic carbocycles. The molecule has 0 saturated heterocycles. The summed E-state index contributed by atoms with van der Waals surface area (Å²) in [6, 6.07) is 1.85. The van der Waals surface area contributed by atoms with Crippen molar-refractivity contribution in [3.63, 3.8) is 0 Å². The number of aromatic nitrogens is 2. The molecule has 3 N–H and O–H groups in total. The summed E-state index contributed by atoms with van der Waals surface area (Å²) < 4.78 is 28.5. The van der Waals surface area contributed by atoms with Gasteiger partial charge in [0.2, 0.25) is 0 Å². The first-order valence-electron chi connectivity index (χ1n) is 6.33. The molecule has 0 aliphatic rings.